The molecule has 112 valence electrons. The van der Waals surface area contributed by atoms with Gasteiger partial charge in [0.1, 0.15) is 4.88 Å². The van der Waals surface area contributed by atoms with Crippen molar-refractivity contribution in [2.24, 2.45) is 0 Å². The van der Waals surface area contributed by atoms with Gasteiger partial charge in [-0.1, -0.05) is 6.92 Å². The second kappa shape index (κ2) is 5.81. The summed E-state index contributed by atoms with van der Waals surface area (Å²) in [5.74, 6) is -0.301. The quantitative estimate of drug-likeness (QED) is 0.855. The number of anilines is 1. The van der Waals surface area contributed by atoms with E-state index >= 15 is 0 Å². The lowest BCUT2D eigenvalue weighted by Crippen LogP contribution is -2.05. The van der Waals surface area contributed by atoms with E-state index in [2.05, 4.69) is 13.0 Å². The molecule has 0 unspecified atom stereocenters. The van der Waals surface area contributed by atoms with Crippen molar-refractivity contribution in [1.29, 1.82) is 0 Å². The zero-order chi connectivity index (χ0) is 15.0. The minimum atomic E-state index is -0.301. The highest BCUT2D eigenvalue weighted by Gasteiger charge is 2.24. The summed E-state index contributed by atoms with van der Waals surface area (Å²) in [5, 5.41) is 0. The molecule has 3 rings (SSSR count). The van der Waals surface area contributed by atoms with Gasteiger partial charge in [0.05, 0.1) is 17.2 Å². The number of aryl methyl sites for hydroxylation is 2. The fourth-order valence-electron chi connectivity index (χ4n) is 2.82. The Morgan fingerprint density at radius 1 is 1.33 bits per heavy atom. The Morgan fingerprint density at radius 3 is 2.81 bits per heavy atom. The molecule has 0 aromatic carbocycles. The van der Waals surface area contributed by atoms with Crippen LogP contribution >= 0.6 is 22.7 Å². The van der Waals surface area contributed by atoms with Crippen LogP contribution in [0.3, 0.4) is 0 Å². The SMILES string of the molecule is CCOC(=O)c1sc(-c2cc3c(s2)CCC3)c(CC)c1N. The maximum Gasteiger partial charge on any atom is 0.350 e. The van der Waals surface area contributed by atoms with Crippen LogP contribution in [-0.4, -0.2) is 12.6 Å². The molecule has 21 heavy (non-hydrogen) atoms. The molecule has 0 bridgehead atoms. The highest BCUT2D eigenvalue weighted by molar-refractivity contribution is 7.23. The number of esters is 1. The first-order chi connectivity index (χ1) is 10.2. The largest absolute Gasteiger partial charge is 0.462 e. The molecular weight excluding hydrogens is 302 g/mol. The molecule has 3 nitrogen and oxygen atoms in total. The minimum absolute atomic E-state index is 0.301. The molecule has 0 radical (unpaired) electrons. The van der Waals surface area contributed by atoms with Gasteiger partial charge in [-0.3, -0.25) is 0 Å². The average Bonchev–Trinajstić information content (AvgIpc) is 3.10. The summed E-state index contributed by atoms with van der Waals surface area (Å²) in [7, 11) is 0. The monoisotopic (exact) mass is 321 g/mol. The molecule has 2 aromatic heterocycles. The number of carbonyl (C=O) groups is 1. The van der Waals surface area contributed by atoms with Gasteiger partial charge in [0.25, 0.3) is 0 Å². The average molecular weight is 321 g/mol. The van der Waals surface area contributed by atoms with Crippen LogP contribution in [0.25, 0.3) is 9.75 Å². The standard InChI is InChI=1S/C16H19NO2S2/c1-3-10-13(17)15(16(18)19-4-2)21-14(10)12-8-9-6-5-7-11(9)20-12/h8H,3-7,17H2,1-2H3. The second-order valence-electron chi connectivity index (χ2n) is 5.14. The van der Waals surface area contributed by atoms with Crippen LogP contribution in [0.15, 0.2) is 6.07 Å². The Hall–Kier alpha value is -1.33. The lowest BCUT2D eigenvalue weighted by atomic mass is 10.1. The molecule has 0 amide bonds. The number of fused-ring (bicyclic) bond motifs is 1. The fraction of sp³-hybridized carbons (Fsp3) is 0.438. The van der Waals surface area contributed by atoms with E-state index in [1.54, 1.807) is 0 Å². The third-order valence-corrected chi connectivity index (χ3v) is 6.48. The minimum Gasteiger partial charge on any atom is -0.462 e. The summed E-state index contributed by atoms with van der Waals surface area (Å²) in [6, 6.07) is 2.28. The maximum absolute atomic E-state index is 12.0. The summed E-state index contributed by atoms with van der Waals surface area (Å²) in [5.41, 5.74) is 9.35. The van der Waals surface area contributed by atoms with Gasteiger partial charge in [-0.25, -0.2) is 4.79 Å². The van der Waals surface area contributed by atoms with Gasteiger partial charge in [0.15, 0.2) is 0 Å². The number of rotatable bonds is 4. The normalized spacial score (nSPS) is 13.4. The molecule has 2 aromatic rings. The van der Waals surface area contributed by atoms with E-state index in [1.807, 2.05) is 18.3 Å². The van der Waals surface area contributed by atoms with Crippen LogP contribution in [0.4, 0.5) is 5.69 Å². The predicted octanol–water partition coefficient (Wildman–Crippen LogP) is 4.29. The number of hydrogen-bond acceptors (Lipinski definition) is 5. The van der Waals surface area contributed by atoms with Crippen LogP contribution in [0.5, 0.6) is 0 Å². The summed E-state index contributed by atoms with van der Waals surface area (Å²) in [6.45, 7) is 4.27. The molecule has 0 fully saturated rings. The molecule has 2 N–H and O–H groups in total. The van der Waals surface area contributed by atoms with Crippen LogP contribution in [0, 0.1) is 0 Å². The zero-order valence-corrected chi connectivity index (χ0v) is 14.0. The van der Waals surface area contributed by atoms with Gasteiger partial charge in [-0.2, -0.15) is 0 Å². The van der Waals surface area contributed by atoms with Gasteiger partial charge >= 0.3 is 5.97 Å². The molecule has 0 spiro atoms. The first-order valence-electron chi connectivity index (χ1n) is 7.35. The summed E-state index contributed by atoms with van der Waals surface area (Å²) < 4.78 is 5.11. The third-order valence-electron chi connectivity index (χ3n) is 3.83. The Morgan fingerprint density at radius 2 is 2.14 bits per heavy atom. The van der Waals surface area contributed by atoms with Crippen molar-refractivity contribution >= 4 is 34.3 Å². The number of nitrogens with two attached hydrogens (primary N) is 1. The molecule has 1 aliphatic rings. The van der Waals surface area contributed by atoms with Gasteiger partial charge in [0.2, 0.25) is 0 Å². The van der Waals surface area contributed by atoms with Crippen molar-refractivity contribution in [3.05, 3.63) is 26.9 Å². The van der Waals surface area contributed by atoms with Crippen molar-refractivity contribution in [2.45, 2.75) is 39.5 Å². The maximum atomic E-state index is 12.0. The summed E-state index contributed by atoms with van der Waals surface area (Å²) in [4.78, 5) is 16.5. The Bertz CT molecular complexity index is 663. The van der Waals surface area contributed by atoms with E-state index in [0.717, 1.165) is 16.9 Å². The van der Waals surface area contributed by atoms with E-state index in [9.17, 15) is 4.79 Å². The zero-order valence-electron chi connectivity index (χ0n) is 12.3. The molecule has 5 heteroatoms. The Balaban J connectivity index is 2.05. The van der Waals surface area contributed by atoms with Crippen LogP contribution in [-0.2, 0) is 24.0 Å². The smallest absolute Gasteiger partial charge is 0.350 e. The number of ether oxygens (including phenoxy) is 1. The van der Waals surface area contributed by atoms with Crippen molar-refractivity contribution in [3.8, 4) is 9.75 Å². The highest BCUT2D eigenvalue weighted by Crippen LogP contribution is 2.44. The van der Waals surface area contributed by atoms with Gasteiger partial charge in [-0.05, 0) is 49.8 Å². The topological polar surface area (TPSA) is 52.3 Å². The summed E-state index contributed by atoms with van der Waals surface area (Å²) >= 11 is 3.33. The first-order valence-corrected chi connectivity index (χ1v) is 8.99. The molecule has 0 saturated heterocycles. The van der Waals surface area contributed by atoms with E-state index < -0.39 is 0 Å². The number of carbonyl (C=O) groups excluding carboxylic acids is 1. The third kappa shape index (κ3) is 2.49. The van der Waals surface area contributed by atoms with Gasteiger partial charge < -0.3 is 10.5 Å². The molecular formula is C16H19NO2S2. The highest BCUT2D eigenvalue weighted by atomic mass is 32.1. The Kier molecular flexibility index (Phi) is 4.04. The number of nitrogen functional groups attached to an aromatic ring is 1. The van der Waals surface area contributed by atoms with E-state index in [1.165, 1.54) is 45.9 Å². The van der Waals surface area contributed by atoms with Crippen LogP contribution in [0.2, 0.25) is 0 Å². The fourth-order valence-corrected chi connectivity index (χ4v) is 5.40. The molecule has 2 heterocycles. The molecule has 0 aliphatic heterocycles. The lowest BCUT2D eigenvalue weighted by molar-refractivity contribution is 0.0533. The number of hydrogen-bond donors (Lipinski definition) is 1. The first kappa shape index (κ1) is 14.6. The predicted molar refractivity (Wildman–Crippen MR) is 89.4 cm³/mol. The summed E-state index contributed by atoms with van der Waals surface area (Å²) in [6.07, 6.45) is 4.47. The Labute approximate surface area is 132 Å². The van der Waals surface area contributed by atoms with Crippen molar-refractivity contribution in [1.82, 2.24) is 0 Å². The molecule has 0 saturated carbocycles. The van der Waals surface area contributed by atoms with Crippen molar-refractivity contribution in [3.63, 3.8) is 0 Å². The van der Waals surface area contributed by atoms with E-state index in [-0.39, 0.29) is 5.97 Å². The van der Waals surface area contributed by atoms with Gasteiger partial charge in [0, 0.05) is 9.75 Å². The van der Waals surface area contributed by atoms with Crippen LogP contribution < -0.4 is 5.73 Å². The molecule has 1 aliphatic carbocycles. The lowest BCUT2D eigenvalue weighted by Gasteiger charge is -2.01. The van der Waals surface area contributed by atoms with Crippen LogP contribution in [0.1, 0.15) is 45.9 Å². The second-order valence-corrected chi connectivity index (χ2v) is 7.30. The molecule has 0 atom stereocenters. The van der Waals surface area contributed by atoms with Crippen molar-refractivity contribution < 1.29 is 9.53 Å². The number of thiophene rings is 2. The van der Waals surface area contributed by atoms with E-state index in [4.69, 9.17) is 10.5 Å². The van der Waals surface area contributed by atoms with Crippen molar-refractivity contribution in [2.75, 3.05) is 12.3 Å². The van der Waals surface area contributed by atoms with Gasteiger partial charge in [-0.15, -0.1) is 22.7 Å². The van der Waals surface area contributed by atoms with E-state index in [0.29, 0.717) is 17.2 Å².